The number of hydrogen-bond donors (Lipinski definition) is 2. The minimum atomic E-state index is -3.58. The summed E-state index contributed by atoms with van der Waals surface area (Å²) in [6, 6.07) is 3.17. The van der Waals surface area contributed by atoms with Crippen LogP contribution in [0.3, 0.4) is 0 Å². The maximum Gasteiger partial charge on any atom is 0.274 e. The molecule has 2 heterocycles. The van der Waals surface area contributed by atoms with Gasteiger partial charge in [0.05, 0.1) is 12.6 Å². The van der Waals surface area contributed by atoms with Gasteiger partial charge in [-0.25, -0.2) is 13.1 Å². The Morgan fingerprint density at radius 2 is 2.25 bits per heavy atom. The third kappa shape index (κ3) is 4.31. The highest BCUT2D eigenvalue weighted by atomic mass is 32.2. The fourth-order valence-electron chi connectivity index (χ4n) is 2.07. The lowest BCUT2D eigenvalue weighted by atomic mass is 10.2. The first kappa shape index (κ1) is 15.5. The van der Waals surface area contributed by atoms with Crippen molar-refractivity contribution in [3.8, 4) is 0 Å². The van der Waals surface area contributed by atoms with Gasteiger partial charge in [-0.3, -0.25) is 0 Å². The molecule has 20 heavy (non-hydrogen) atoms. The first-order valence-electron chi connectivity index (χ1n) is 7.02. The van der Waals surface area contributed by atoms with Gasteiger partial charge >= 0.3 is 0 Å². The number of sulfonamides is 1. The predicted molar refractivity (Wildman–Crippen MR) is 74.9 cm³/mol. The van der Waals surface area contributed by atoms with Gasteiger partial charge in [0.25, 0.3) is 10.0 Å². The van der Waals surface area contributed by atoms with Gasteiger partial charge in [0.2, 0.25) is 5.09 Å². The molecule has 2 N–H and O–H groups in total. The van der Waals surface area contributed by atoms with Gasteiger partial charge in [-0.05, 0) is 37.9 Å². The van der Waals surface area contributed by atoms with Crippen molar-refractivity contribution in [2.75, 3.05) is 19.7 Å². The average Bonchev–Trinajstić information content (AvgIpc) is 3.08. The highest BCUT2D eigenvalue weighted by Gasteiger charge is 2.22. The summed E-state index contributed by atoms with van der Waals surface area (Å²) in [7, 11) is -3.58. The maximum atomic E-state index is 12.1. The molecule has 0 spiro atoms. The third-order valence-corrected chi connectivity index (χ3v) is 4.45. The summed E-state index contributed by atoms with van der Waals surface area (Å²) in [4.78, 5) is 0. The average molecular weight is 302 g/mol. The molecule has 0 radical (unpaired) electrons. The van der Waals surface area contributed by atoms with Crippen LogP contribution < -0.4 is 10.0 Å². The normalized spacial score (nSPS) is 19.6. The van der Waals surface area contributed by atoms with Gasteiger partial charge in [-0.15, -0.1) is 0 Å². The van der Waals surface area contributed by atoms with E-state index in [9.17, 15) is 8.42 Å². The summed E-state index contributed by atoms with van der Waals surface area (Å²) < 4.78 is 37.4. The van der Waals surface area contributed by atoms with E-state index in [2.05, 4.69) is 17.0 Å². The zero-order valence-electron chi connectivity index (χ0n) is 11.7. The molecule has 0 aromatic carbocycles. The maximum absolute atomic E-state index is 12.1. The minimum absolute atomic E-state index is 0.0228. The molecule has 6 nitrogen and oxygen atoms in total. The Hall–Kier alpha value is -0.890. The Balaban J connectivity index is 1.88. The Bertz CT molecular complexity index is 506. The summed E-state index contributed by atoms with van der Waals surface area (Å²) in [6.45, 7) is 4.49. The molecule has 114 valence electrons. The van der Waals surface area contributed by atoms with Crippen molar-refractivity contribution in [2.45, 2.75) is 43.9 Å². The van der Waals surface area contributed by atoms with Gasteiger partial charge < -0.3 is 14.5 Å². The topological polar surface area (TPSA) is 80.6 Å². The third-order valence-electron chi connectivity index (χ3n) is 3.15. The second-order valence-corrected chi connectivity index (χ2v) is 6.58. The molecule has 0 saturated carbocycles. The molecule has 0 amide bonds. The van der Waals surface area contributed by atoms with E-state index in [0.29, 0.717) is 25.5 Å². The van der Waals surface area contributed by atoms with E-state index in [1.807, 2.05) is 0 Å². The van der Waals surface area contributed by atoms with Crippen LogP contribution in [-0.4, -0.2) is 34.2 Å². The van der Waals surface area contributed by atoms with Crippen LogP contribution in [0, 0.1) is 0 Å². The number of nitrogens with one attached hydrogen (secondary N) is 2. The second-order valence-electron chi connectivity index (χ2n) is 4.88. The largest absolute Gasteiger partial charge is 0.447 e. The van der Waals surface area contributed by atoms with Crippen molar-refractivity contribution in [3.63, 3.8) is 0 Å². The fraction of sp³-hybridized carbons (Fsp3) is 0.692. The highest BCUT2D eigenvalue weighted by molar-refractivity contribution is 7.89. The van der Waals surface area contributed by atoms with E-state index in [0.717, 1.165) is 25.8 Å². The molecule has 1 fully saturated rings. The van der Waals surface area contributed by atoms with Gasteiger partial charge in [0.15, 0.2) is 0 Å². The van der Waals surface area contributed by atoms with Gasteiger partial charge in [0.1, 0.15) is 5.76 Å². The van der Waals surface area contributed by atoms with Crippen molar-refractivity contribution in [3.05, 3.63) is 17.9 Å². The Morgan fingerprint density at radius 3 is 2.95 bits per heavy atom. The van der Waals surface area contributed by atoms with Gasteiger partial charge in [-0.1, -0.05) is 6.92 Å². The molecule has 1 saturated heterocycles. The Kier molecular flexibility index (Phi) is 5.59. The van der Waals surface area contributed by atoms with Crippen molar-refractivity contribution in [1.29, 1.82) is 0 Å². The van der Waals surface area contributed by atoms with Gasteiger partial charge in [-0.2, -0.15) is 0 Å². The van der Waals surface area contributed by atoms with Gasteiger partial charge in [0, 0.05) is 13.2 Å². The first-order valence-corrected chi connectivity index (χ1v) is 8.51. The van der Waals surface area contributed by atoms with Crippen LogP contribution in [-0.2, 0) is 21.3 Å². The number of hydrogen-bond acceptors (Lipinski definition) is 5. The monoisotopic (exact) mass is 302 g/mol. The van der Waals surface area contributed by atoms with E-state index < -0.39 is 10.0 Å². The highest BCUT2D eigenvalue weighted by Crippen LogP contribution is 2.15. The molecule has 1 atom stereocenters. The van der Waals surface area contributed by atoms with Crippen LogP contribution in [0.25, 0.3) is 0 Å². The predicted octanol–water partition coefficient (Wildman–Crippen LogP) is 1.24. The number of rotatable bonds is 8. The van der Waals surface area contributed by atoms with E-state index in [-0.39, 0.29) is 11.2 Å². The first-order chi connectivity index (χ1) is 9.62. The summed E-state index contributed by atoms with van der Waals surface area (Å²) in [5, 5.41) is 3.13. The van der Waals surface area contributed by atoms with E-state index in [1.54, 1.807) is 6.07 Å². The molecule has 1 aliphatic heterocycles. The molecule has 1 aromatic rings. The zero-order valence-corrected chi connectivity index (χ0v) is 12.5. The van der Waals surface area contributed by atoms with Crippen LogP contribution >= 0.6 is 0 Å². The molecule has 1 unspecified atom stereocenters. The van der Waals surface area contributed by atoms with Crippen LogP contribution in [0.2, 0.25) is 0 Å². The van der Waals surface area contributed by atoms with Crippen LogP contribution in [0.1, 0.15) is 31.9 Å². The standard InChI is InChI=1S/C13H22N2O4S/c1-2-7-14-9-12-5-6-13(19-12)20(16,17)15-10-11-4-3-8-18-11/h5-6,11,14-15H,2-4,7-10H2,1H3. The van der Waals surface area contributed by atoms with Crippen molar-refractivity contribution in [1.82, 2.24) is 10.0 Å². The van der Waals surface area contributed by atoms with Crippen molar-refractivity contribution < 1.29 is 17.6 Å². The lowest BCUT2D eigenvalue weighted by Crippen LogP contribution is -2.31. The van der Waals surface area contributed by atoms with E-state index in [4.69, 9.17) is 9.15 Å². The summed E-state index contributed by atoms with van der Waals surface area (Å²) in [6.07, 6.45) is 2.88. The molecule has 0 bridgehead atoms. The van der Waals surface area contributed by atoms with Crippen LogP contribution in [0.15, 0.2) is 21.6 Å². The molecule has 7 heteroatoms. The summed E-state index contributed by atoms with van der Waals surface area (Å²) >= 11 is 0. The molecule has 1 aromatic heterocycles. The summed E-state index contributed by atoms with van der Waals surface area (Å²) in [5.74, 6) is 0.621. The SMILES string of the molecule is CCCNCc1ccc(S(=O)(=O)NCC2CCCO2)o1. The Labute approximate surface area is 119 Å². The molecular weight excluding hydrogens is 280 g/mol. The van der Waals surface area contributed by atoms with E-state index >= 15 is 0 Å². The van der Waals surface area contributed by atoms with Crippen LogP contribution in [0.5, 0.6) is 0 Å². The lowest BCUT2D eigenvalue weighted by Gasteiger charge is -2.09. The molecule has 0 aliphatic carbocycles. The summed E-state index contributed by atoms with van der Waals surface area (Å²) in [5.41, 5.74) is 0. The molecule has 2 rings (SSSR count). The van der Waals surface area contributed by atoms with Crippen molar-refractivity contribution in [2.24, 2.45) is 0 Å². The minimum Gasteiger partial charge on any atom is -0.447 e. The molecular formula is C13H22N2O4S. The number of ether oxygens (including phenoxy) is 1. The van der Waals surface area contributed by atoms with Crippen LogP contribution in [0.4, 0.5) is 0 Å². The number of furan rings is 1. The second kappa shape index (κ2) is 7.21. The quantitative estimate of drug-likeness (QED) is 0.706. The lowest BCUT2D eigenvalue weighted by molar-refractivity contribution is 0.114. The smallest absolute Gasteiger partial charge is 0.274 e. The van der Waals surface area contributed by atoms with E-state index in [1.165, 1.54) is 6.07 Å². The Morgan fingerprint density at radius 1 is 1.40 bits per heavy atom. The fourth-order valence-corrected chi connectivity index (χ4v) is 3.08. The zero-order chi connectivity index (χ0) is 14.4. The van der Waals surface area contributed by atoms with Crippen molar-refractivity contribution >= 4 is 10.0 Å². The molecule has 1 aliphatic rings.